The third-order valence-corrected chi connectivity index (χ3v) is 3.71. The summed E-state index contributed by atoms with van der Waals surface area (Å²) in [6.45, 7) is 4.58. The van der Waals surface area contributed by atoms with E-state index in [-0.39, 0.29) is 0 Å². The fourth-order valence-corrected chi connectivity index (χ4v) is 2.75. The van der Waals surface area contributed by atoms with Crippen LogP contribution >= 0.6 is 0 Å². The van der Waals surface area contributed by atoms with Crippen LogP contribution in [0.25, 0.3) is 0 Å². The molecule has 0 aliphatic carbocycles. The smallest absolute Gasteiger partial charge is 0.140 e. The summed E-state index contributed by atoms with van der Waals surface area (Å²) in [6.07, 6.45) is 4.40. The summed E-state index contributed by atoms with van der Waals surface area (Å²) in [5.41, 5.74) is 3.87. The predicted molar refractivity (Wildman–Crippen MR) is 78.6 cm³/mol. The van der Waals surface area contributed by atoms with Gasteiger partial charge in [0.1, 0.15) is 5.82 Å². The molecule has 106 valence electrons. The molecule has 2 heterocycles. The van der Waals surface area contributed by atoms with Gasteiger partial charge in [0, 0.05) is 19.3 Å². The molecule has 1 aromatic rings. The lowest BCUT2D eigenvalue weighted by atomic mass is 9.96. The number of piperidine rings is 1. The molecule has 0 unspecified atom stereocenters. The molecule has 0 aromatic carbocycles. The van der Waals surface area contributed by atoms with Gasteiger partial charge in [-0.1, -0.05) is 0 Å². The van der Waals surface area contributed by atoms with Gasteiger partial charge >= 0.3 is 0 Å². The molecule has 5 heteroatoms. The summed E-state index contributed by atoms with van der Waals surface area (Å²) in [7, 11) is 4.31. The van der Waals surface area contributed by atoms with Crippen molar-refractivity contribution in [3.8, 4) is 0 Å². The van der Waals surface area contributed by atoms with Gasteiger partial charge in [0.15, 0.2) is 0 Å². The van der Waals surface area contributed by atoms with Crippen molar-refractivity contribution in [3.05, 3.63) is 23.9 Å². The van der Waals surface area contributed by atoms with Crippen molar-refractivity contribution in [1.82, 2.24) is 14.8 Å². The second-order valence-corrected chi connectivity index (χ2v) is 5.68. The number of nitrogens with zero attached hydrogens (tertiary/aromatic N) is 3. The lowest BCUT2D eigenvalue weighted by Gasteiger charge is -2.33. The molecule has 0 saturated carbocycles. The van der Waals surface area contributed by atoms with Crippen LogP contribution in [0.3, 0.4) is 0 Å². The minimum absolute atomic E-state index is 0.736. The largest absolute Gasteiger partial charge is 0.309 e. The number of nitrogen functional groups attached to an aromatic ring is 1. The van der Waals surface area contributed by atoms with E-state index >= 15 is 0 Å². The van der Waals surface area contributed by atoms with Gasteiger partial charge in [0.2, 0.25) is 0 Å². The Bertz CT molecular complexity index is 385. The SMILES string of the molecule is CN(C)CC1CCN(Cc2ccnc(NN)c2)CC1. The number of likely N-dealkylation sites (tertiary alicyclic amines) is 1. The van der Waals surface area contributed by atoms with E-state index in [1.165, 1.54) is 38.0 Å². The number of hydrogen-bond donors (Lipinski definition) is 2. The molecule has 5 nitrogen and oxygen atoms in total. The molecular weight excluding hydrogens is 238 g/mol. The maximum Gasteiger partial charge on any atom is 0.140 e. The van der Waals surface area contributed by atoms with Crippen molar-refractivity contribution in [3.63, 3.8) is 0 Å². The zero-order chi connectivity index (χ0) is 13.7. The van der Waals surface area contributed by atoms with Gasteiger partial charge in [0.05, 0.1) is 0 Å². The molecular formula is C14H25N5. The quantitative estimate of drug-likeness (QED) is 0.616. The fraction of sp³-hybridized carbons (Fsp3) is 0.643. The van der Waals surface area contributed by atoms with Gasteiger partial charge in [0.25, 0.3) is 0 Å². The van der Waals surface area contributed by atoms with Crippen molar-refractivity contribution in [2.24, 2.45) is 11.8 Å². The first-order valence-corrected chi connectivity index (χ1v) is 6.96. The maximum absolute atomic E-state index is 5.39. The Morgan fingerprint density at radius 1 is 1.42 bits per heavy atom. The minimum Gasteiger partial charge on any atom is -0.309 e. The number of anilines is 1. The lowest BCUT2D eigenvalue weighted by molar-refractivity contribution is 0.157. The zero-order valence-electron chi connectivity index (χ0n) is 12.0. The predicted octanol–water partition coefficient (Wildman–Crippen LogP) is 1.14. The summed E-state index contributed by atoms with van der Waals surface area (Å²) in [4.78, 5) is 8.95. The highest BCUT2D eigenvalue weighted by Crippen LogP contribution is 2.19. The van der Waals surface area contributed by atoms with Gasteiger partial charge < -0.3 is 10.3 Å². The molecule has 1 aromatic heterocycles. The molecule has 1 fully saturated rings. The van der Waals surface area contributed by atoms with Crippen LogP contribution in [0.1, 0.15) is 18.4 Å². The first-order valence-electron chi connectivity index (χ1n) is 6.96. The van der Waals surface area contributed by atoms with Crippen LogP contribution in [0.2, 0.25) is 0 Å². The van der Waals surface area contributed by atoms with E-state index in [4.69, 9.17) is 5.84 Å². The third-order valence-electron chi connectivity index (χ3n) is 3.71. The number of nitrogens with one attached hydrogen (secondary N) is 1. The Kier molecular flexibility index (Phi) is 5.13. The topological polar surface area (TPSA) is 57.4 Å². The first kappa shape index (κ1) is 14.2. The van der Waals surface area contributed by atoms with Crippen LogP contribution in [0, 0.1) is 5.92 Å². The average molecular weight is 263 g/mol. The second kappa shape index (κ2) is 6.84. The molecule has 0 radical (unpaired) electrons. The van der Waals surface area contributed by atoms with Gasteiger partial charge in [-0.05, 0) is 63.6 Å². The number of rotatable bonds is 5. The van der Waals surface area contributed by atoms with Crippen LogP contribution in [0.5, 0.6) is 0 Å². The van der Waals surface area contributed by atoms with Crippen molar-refractivity contribution in [2.75, 3.05) is 39.2 Å². The van der Waals surface area contributed by atoms with E-state index in [0.717, 1.165) is 18.3 Å². The molecule has 1 aliphatic heterocycles. The Morgan fingerprint density at radius 3 is 2.79 bits per heavy atom. The van der Waals surface area contributed by atoms with Crippen LogP contribution < -0.4 is 11.3 Å². The van der Waals surface area contributed by atoms with E-state index < -0.39 is 0 Å². The third kappa shape index (κ3) is 4.45. The van der Waals surface area contributed by atoms with Crippen molar-refractivity contribution in [1.29, 1.82) is 0 Å². The molecule has 0 bridgehead atoms. The van der Waals surface area contributed by atoms with Crippen LogP contribution in [-0.2, 0) is 6.54 Å². The molecule has 0 amide bonds. The molecule has 0 atom stereocenters. The highest BCUT2D eigenvalue weighted by Gasteiger charge is 2.19. The monoisotopic (exact) mass is 263 g/mol. The van der Waals surface area contributed by atoms with Gasteiger partial charge in [-0.15, -0.1) is 0 Å². The summed E-state index contributed by atoms with van der Waals surface area (Å²) in [5, 5.41) is 0. The number of pyridine rings is 1. The number of nitrogens with two attached hydrogens (primary N) is 1. The van der Waals surface area contributed by atoms with Crippen molar-refractivity contribution >= 4 is 5.82 Å². The van der Waals surface area contributed by atoms with E-state index in [1.54, 1.807) is 0 Å². The molecule has 3 N–H and O–H groups in total. The Balaban J connectivity index is 1.81. The zero-order valence-corrected chi connectivity index (χ0v) is 12.0. The summed E-state index contributed by atoms with van der Waals surface area (Å²) in [5.74, 6) is 6.97. The van der Waals surface area contributed by atoms with Crippen LogP contribution in [0.15, 0.2) is 18.3 Å². The van der Waals surface area contributed by atoms with Crippen LogP contribution in [0.4, 0.5) is 5.82 Å². The molecule has 1 aliphatic rings. The Labute approximate surface area is 115 Å². The van der Waals surface area contributed by atoms with E-state index in [2.05, 4.69) is 40.4 Å². The van der Waals surface area contributed by atoms with Gasteiger partial charge in [-0.25, -0.2) is 10.8 Å². The number of hydrogen-bond acceptors (Lipinski definition) is 5. The maximum atomic E-state index is 5.39. The molecule has 1 saturated heterocycles. The fourth-order valence-electron chi connectivity index (χ4n) is 2.75. The van der Waals surface area contributed by atoms with Crippen molar-refractivity contribution in [2.45, 2.75) is 19.4 Å². The highest BCUT2D eigenvalue weighted by atomic mass is 15.2. The number of aromatic nitrogens is 1. The summed E-state index contributed by atoms with van der Waals surface area (Å²) in [6, 6.07) is 4.08. The van der Waals surface area contributed by atoms with Crippen molar-refractivity contribution < 1.29 is 0 Å². The molecule has 19 heavy (non-hydrogen) atoms. The van der Waals surface area contributed by atoms with Gasteiger partial charge in [-0.3, -0.25) is 4.90 Å². The number of hydrazine groups is 1. The molecule has 2 rings (SSSR count). The summed E-state index contributed by atoms with van der Waals surface area (Å²) < 4.78 is 0. The summed E-state index contributed by atoms with van der Waals surface area (Å²) >= 11 is 0. The first-order chi connectivity index (χ1) is 9.17. The Morgan fingerprint density at radius 2 is 2.16 bits per heavy atom. The minimum atomic E-state index is 0.736. The van der Waals surface area contributed by atoms with E-state index in [1.807, 2.05) is 12.3 Å². The average Bonchev–Trinajstić information content (AvgIpc) is 2.41. The molecule has 0 spiro atoms. The standard InChI is InChI=1S/C14H25N5/c1-18(2)10-12-4-7-19(8-5-12)11-13-3-6-16-14(9-13)17-15/h3,6,9,12H,4-5,7-8,10-11,15H2,1-2H3,(H,16,17). The van der Waals surface area contributed by atoms with Crippen LogP contribution in [-0.4, -0.2) is 48.5 Å². The second-order valence-electron chi connectivity index (χ2n) is 5.68. The van der Waals surface area contributed by atoms with E-state index in [9.17, 15) is 0 Å². The lowest BCUT2D eigenvalue weighted by Crippen LogP contribution is -2.36. The normalized spacial score (nSPS) is 17.9. The highest BCUT2D eigenvalue weighted by molar-refractivity contribution is 5.35. The van der Waals surface area contributed by atoms with E-state index in [0.29, 0.717) is 0 Å². The Hall–Kier alpha value is -1.17. The van der Waals surface area contributed by atoms with Gasteiger partial charge in [-0.2, -0.15) is 0 Å².